The van der Waals surface area contributed by atoms with Crippen LogP contribution >= 0.6 is 0 Å². The molecule has 1 atom stereocenters. The Hall–Kier alpha value is -2.77. The zero-order chi connectivity index (χ0) is 25.5. The van der Waals surface area contributed by atoms with Crippen molar-refractivity contribution in [2.24, 2.45) is 5.92 Å². The van der Waals surface area contributed by atoms with Crippen LogP contribution in [0.25, 0.3) is 0 Å². The van der Waals surface area contributed by atoms with Gasteiger partial charge in [-0.3, -0.25) is 14.6 Å². The van der Waals surface area contributed by atoms with E-state index in [1.165, 1.54) is 11.1 Å². The highest BCUT2D eigenvalue weighted by molar-refractivity contribution is 5.79. The van der Waals surface area contributed by atoms with E-state index in [2.05, 4.69) is 54.0 Å². The maximum Gasteiger partial charge on any atom is 0.226 e. The van der Waals surface area contributed by atoms with Gasteiger partial charge in [0.05, 0.1) is 20.1 Å². The molecule has 1 saturated heterocycles. The summed E-state index contributed by atoms with van der Waals surface area (Å²) in [5.41, 5.74) is 3.65. The second-order valence-corrected chi connectivity index (χ2v) is 9.81. The Morgan fingerprint density at radius 1 is 0.972 bits per heavy atom. The van der Waals surface area contributed by atoms with Gasteiger partial charge in [-0.2, -0.15) is 0 Å². The molecule has 7 nitrogen and oxygen atoms in total. The summed E-state index contributed by atoms with van der Waals surface area (Å²) in [6.07, 6.45) is 2.07. The maximum atomic E-state index is 12.9. The predicted molar refractivity (Wildman–Crippen MR) is 142 cm³/mol. The van der Waals surface area contributed by atoms with Crippen molar-refractivity contribution in [2.75, 3.05) is 53.6 Å². The minimum Gasteiger partial charge on any atom is -0.497 e. The lowest BCUT2D eigenvalue weighted by Crippen LogP contribution is -2.44. The van der Waals surface area contributed by atoms with Gasteiger partial charge in [-0.15, -0.1) is 0 Å². The summed E-state index contributed by atoms with van der Waals surface area (Å²) in [5.74, 6) is 3.00. The van der Waals surface area contributed by atoms with Crippen LogP contribution in [0.5, 0.6) is 17.2 Å². The number of benzene rings is 2. The Balaban J connectivity index is 1.43. The van der Waals surface area contributed by atoms with Crippen LogP contribution in [0.15, 0.2) is 36.4 Å². The molecule has 0 aliphatic carbocycles. The van der Waals surface area contributed by atoms with Crippen molar-refractivity contribution in [3.05, 3.63) is 53.1 Å². The summed E-state index contributed by atoms with van der Waals surface area (Å²) in [6.45, 7) is 11.6. The molecule has 2 heterocycles. The van der Waals surface area contributed by atoms with Gasteiger partial charge in [0, 0.05) is 57.4 Å². The van der Waals surface area contributed by atoms with Crippen molar-refractivity contribution in [3.8, 4) is 17.2 Å². The molecule has 0 bridgehead atoms. The summed E-state index contributed by atoms with van der Waals surface area (Å²) in [5, 5.41) is 0. The number of carbonyl (C=O) groups excluding carboxylic acids is 1. The molecule has 2 aliphatic heterocycles. The fourth-order valence-electron chi connectivity index (χ4n) is 5.40. The largest absolute Gasteiger partial charge is 0.497 e. The SMILES string of the molecule is CCN(CC)C(=O)C1CCCN(Cc2ccc3c(c2)CN(Cc2cc(OC)cc(OC)c2)CCO3)C1. The molecule has 7 heteroatoms. The molecule has 0 aromatic heterocycles. The predicted octanol–water partition coefficient (Wildman–Crippen LogP) is 4.18. The second-order valence-electron chi connectivity index (χ2n) is 9.81. The molecule has 1 fully saturated rings. The van der Waals surface area contributed by atoms with Gasteiger partial charge < -0.3 is 19.1 Å². The molecule has 196 valence electrons. The van der Waals surface area contributed by atoms with Crippen LogP contribution in [0.1, 0.15) is 43.4 Å². The van der Waals surface area contributed by atoms with Gasteiger partial charge in [-0.05, 0) is 68.6 Å². The number of carbonyl (C=O) groups is 1. The monoisotopic (exact) mass is 495 g/mol. The van der Waals surface area contributed by atoms with Gasteiger partial charge in [0.1, 0.15) is 23.9 Å². The molecule has 36 heavy (non-hydrogen) atoms. The summed E-state index contributed by atoms with van der Waals surface area (Å²) < 4.78 is 17.0. The van der Waals surface area contributed by atoms with Gasteiger partial charge in [-0.25, -0.2) is 0 Å². The molecular weight excluding hydrogens is 454 g/mol. The lowest BCUT2D eigenvalue weighted by Gasteiger charge is -2.34. The van der Waals surface area contributed by atoms with Crippen LogP contribution in [-0.4, -0.2) is 74.2 Å². The van der Waals surface area contributed by atoms with Gasteiger partial charge in [0.2, 0.25) is 5.91 Å². The van der Waals surface area contributed by atoms with E-state index >= 15 is 0 Å². The molecule has 1 amide bonds. The maximum absolute atomic E-state index is 12.9. The average Bonchev–Trinajstić information content (AvgIpc) is 3.10. The first-order valence-corrected chi connectivity index (χ1v) is 13.2. The van der Waals surface area contributed by atoms with Crippen molar-refractivity contribution in [1.29, 1.82) is 0 Å². The molecule has 0 saturated carbocycles. The van der Waals surface area contributed by atoms with E-state index in [4.69, 9.17) is 14.2 Å². The van der Waals surface area contributed by atoms with Crippen LogP contribution in [-0.2, 0) is 24.4 Å². The van der Waals surface area contributed by atoms with Gasteiger partial charge in [-0.1, -0.05) is 6.07 Å². The molecule has 2 aromatic carbocycles. The Morgan fingerprint density at radius 2 is 1.69 bits per heavy atom. The van der Waals surface area contributed by atoms with E-state index in [1.807, 2.05) is 11.0 Å². The highest BCUT2D eigenvalue weighted by Crippen LogP contribution is 2.29. The van der Waals surface area contributed by atoms with Crippen LogP contribution in [0, 0.1) is 5.92 Å². The number of ether oxygens (including phenoxy) is 3. The molecule has 1 unspecified atom stereocenters. The fourth-order valence-corrected chi connectivity index (χ4v) is 5.40. The third kappa shape index (κ3) is 6.51. The number of amides is 1. The normalized spacial score (nSPS) is 18.6. The van der Waals surface area contributed by atoms with Crippen molar-refractivity contribution in [3.63, 3.8) is 0 Å². The van der Waals surface area contributed by atoms with Crippen molar-refractivity contribution in [2.45, 2.75) is 46.3 Å². The van der Waals surface area contributed by atoms with Crippen molar-refractivity contribution in [1.82, 2.24) is 14.7 Å². The first-order valence-electron chi connectivity index (χ1n) is 13.2. The van der Waals surface area contributed by atoms with Gasteiger partial charge in [0.25, 0.3) is 0 Å². The molecule has 0 radical (unpaired) electrons. The third-order valence-electron chi connectivity index (χ3n) is 7.34. The number of nitrogens with zero attached hydrogens (tertiary/aromatic N) is 3. The number of likely N-dealkylation sites (tertiary alicyclic amines) is 1. The van der Waals surface area contributed by atoms with Crippen LogP contribution in [0.2, 0.25) is 0 Å². The molecule has 2 aliphatic rings. The Bertz CT molecular complexity index is 1000. The molecule has 4 rings (SSSR count). The first-order chi connectivity index (χ1) is 17.5. The molecule has 0 spiro atoms. The van der Waals surface area contributed by atoms with E-state index in [0.29, 0.717) is 12.5 Å². The Morgan fingerprint density at radius 3 is 2.39 bits per heavy atom. The van der Waals surface area contributed by atoms with Crippen molar-refractivity contribution >= 4 is 5.91 Å². The first kappa shape index (κ1) is 26.3. The number of piperidine rings is 1. The summed E-state index contributed by atoms with van der Waals surface area (Å²) in [6, 6.07) is 12.6. The molecule has 0 N–H and O–H groups in total. The minimum atomic E-state index is 0.109. The third-order valence-corrected chi connectivity index (χ3v) is 7.34. The topological polar surface area (TPSA) is 54.5 Å². The minimum absolute atomic E-state index is 0.109. The second kappa shape index (κ2) is 12.5. The van der Waals surface area contributed by atoms with E-state index in [-0.39, 0.29) is 5.92 Å². The number of rotatable bonds is 9. The average molecular weight is 496 g/mol. The highest BCUT2D eigenvalue weighted by atomic mass is 16.5. The van der Waals surface area contributed by atoms with Crippen LogP contribution < -0.4 is 14.2 Å². The van der Waals surface area contributed by atoms with Gasteiger partial charge in [0.15, 0.2) is 0 Å². The zero-order valence-corrected chi connectivity index (χ0v) is 22.3. The summed E-state index contributed by atoms with van der Waals surface area (Å²) in [7, 11) is 3.36. The van der Waals surface area contributed by atoms with Crippen LogP contribution in [0.3, 0.4) is 0 Å². The number of hydrogen-bond acceptors (Lipinski definition) is 6. The Labute approximate surface area is 215 Å². The quantitative estimate of drug-likeness (QED) is 0.520. The zero-order valence-electron chi connectivity index (χ0n) is 22.3. The number of hydrogen-bond donors (Lipinski definition) is 0. The van der Waals surface area contributed by atoms with E-state index in [0.717, 1.165) is 88.0 Å². The van der Waals surface area contributed by atoms with E-state index in [9.17, 15) is 4.79 Å². The van der Waals surface area contributed by atoms with Crippen molar-refractivity contribution < 1.29 is 19.0 Å². The lowest BCUT2D eigenvalue weighted by atomic mass is 9.95. The van der Waals surface area contributed by atoms with Gasteiger partial charge >= 0.3 is 0 Å². The summed E-state index contributed by atoms with van der Waals surface area (Å²) in [4.78, 5) is 19.7. The lowest BCUT2D eigenvalue weighted by molar-refractivity contribution is -0.137. The van der Waals surface area contributed by atoms with Crippen LogP contribution in [0.4, 0.5) is 0 Å². The fraction of sp³-hybridized carbons (Fsp3) is 0.552. The Kier molecular flexibility index (Phi) is 9.10. The standard InChI is InChI=1S/C29H41N3O4/c1-5-32(6-2)29(33)24-8-7-11-30(20-24)18-22-9-10-28-25(14-22)21-31(12-13-36-28)19-23-15-26(34-3)17-27(16-23)35-4/h9-10,14-17,24H,5-8,11-13,18-21H2,1-4H3. The highest BCUT2D eigenvalue weighted by Gasteiger charge is 2.28. The number of methoxy groups -OCH3 is 2. The molecule has 2 aromatic rings. The smallest absolute Gasteiger partial charge is 0.226 e. The van der Waals surface area contributed by atoms with E-state index < -0.39 is 0 Å². The molecular formula is C29H41N3O4. The number of fused-ring (bicyclic) bond motifs is 1. The van der Waals surface area contributed by atoms with E-state index in [1.54, 1.807) is 14.2 Å². The summed E-state index contributed by atoms with van der Waals surface area (Å²) >= 11 is 0.